The Morgan fingerprint density at radius 2 is 1.62 bits per heavy atom. The summed E-state index contributed by atoms with van der Waals surface area (Å²) in [6.45, 7) is 0. The number of hydrazine groups is 1. The minimum Gasteiger partial charge on any atom is -0.504 e. The molecule has 32 heavy (non-hydrogen) atoms. The number of hydrogen-bond acceptors (Lipinski definition) is 6. The molecule has 3 aromatic rings. The normalized spacial score (nSPS) is 24.4. The third-order valence-electron chi connectivity index (χ3n) is 6.34. The molecule has 7 nitrogen and oxygen atoms in total. The van der Waals surface area contributed by atoms with Crippen LogP contribution < -0.4 is 25.2 Å². The van der Waals surface area contributed by atoms with Crippen LogP contribution in [-0.4, -0.2) is 31.3 Å². The molecule has 0 spiro atoms. The number of phenolic OH excluding ortho intramolecular Hbond substituents is 1. The maximum Gasteiger partial charge on any atom is 0.246 e. The molecule has 7 heteroatoms. The SMILES string of the molecule is COc1cccc(C2NNC3C(=O)N(c4ccccc4)C(c4ccc(O)c(OC)c4)C32)c1. The molecule has 4 atom stereocenters. The zero-order chi connectivity index (χ0) is 22.2. The van der Waals surface area contributed by atoms with Crippen molar-refractivity contribution >= 4 is 11.6 Å². The number of fused-ring (bicyclic) bond motifs is 1. The lowest BCUT2D eigenvalue weighted by Crippen LogP contribution is -2.41. The fourth-order valence-electron chi connectivity index (χ4n) is 4.88. The molecule has 5 rings (SSSR count). The average Bonchev–Trinajstić information content (AvgIpc) is 3.39. The number of para-hydroxylation sites is 1. The number of nitrogens with one attached hydrogen (secondary N) is 2. The van der Waals surface area contributed by atoms with E-state index in [-0.39, 0.29) is 29.7 Å². The van der Waals surface area contributed by atoms with E-state index in [2.05, 4.69) is 10.9 Å². The van der Waals surface area contributed by atoms with E-state index in [4.69, 9.17) is 9.47 Å². The van der Waals surface area contributed by atoms with Crippen molar-refractivity contribution in [3.05, 3.63) is 83.9 Å². The monoisotopic (exact) mass is 431 g/mol. The minimum atomic E-state index is -0.406. The van der Waals surface area contributed by atoms with Crippen molar-refractivity contribution in [1.82, 2.24) is 10.9 Å². The Morgan fingerprint density at radius 3 is 2.38 bits per heavy atom. The third kappa shape index (κ3) is 3.26. The highest BCUT2D eigenvalue weighted by atomic mass is 16.5. The lowest BCUT2D eigenvalue weighted by molar-refractivity contribution is -0.119. The quantitative estimate of drug-likeness (QED) is 0.575. The number of benzene rings is 3. The van der Waals surface area contributed by atoms with Gasteiger partial charge in [-0.2, -0.15) is 0 Å². The Bertz CT molecular complexity index is 1140. The molecular formula is C25H25N3O4. The molecule has 0 aromatic heterocycles. The maximum atomic E-state index is 13.6. The number of nitrogens with zero attached hydrogens (tertiary/aromatic N) is 1. The van der Waals surface area contributed by atoms with Gasteiger partial charge in [0.05, 0.1) is 26.3 Å². The largest absolute Gasteiger partial charge is 0.504 e. The van der Waals surface area contributed by atoms with E-state index in [0.717, 1.165) is 22.6 Å². The lowest BCUT2D eigenvalue weighted by Gasteiger charge is -2.31. The molecule has 0 aliphatic carbocycles. The number of methoxy groups -OCH3 is 2. The fourth-order valence-corrected chi connectivity index (χ4v) is 4.88. The van der Waals surface area contributed by atoms with Crippen LogP contribution in [-0.2, 0) is 4.79 Å². The van der Waals surface area contributed by atoms with Crippen molar-refractivity contribution in [2.24, 2.45) is 5.92 Å². The van der Waals surface area contributed by atoms with Gasteiger partial charge in [-0.25, -0.2) is 10.9 Å². The molecule has 2 saturated heterocycles. The van der Waals surface area contributed by atoms with Crippen molar-refractivity contribution in [2.45, 2.75) is 18.1 Å². The summed E-state index contributed by atoms with van der Waals surface area (Å²) in [6.07, 6.45) is 0. The van der Waals surface area contributed by atoms with Crippen LogP contribution in [0.2, 0.25) is 0 Å². The Morgan fingerprint density at radius 1 is 0.844 bits per heavy atom. The first-order valence-corrected chi connectivity index (χ1v) is 10.5. The molecule has 164 valence electrons. The van der Waals surface area contributed by atoms with Crippen LogP contribution in [0.1, 0.15) is 23.2 Å². The first kappa shape index (κ1) is 20.4. The summed E-state index contributed by atoms with van der Waals surface area (Å²) in [5.41, 5.74) is 9.32. The van der Waals surface area contributed by atoms with Crippen LogP contribution >= 0.6 is 0 Å². The number of amides is 1. The predicted octanol–water partition coefficient (Wildman–Crippen LogP) is 3.33. The Kier molecular flexibility index (Phi) is 5.20. The number of carbonyl (C=O) groups excluding carboxylic acids is 1. The van der Waals surface area contributed by atoms with Crippen molar-refractivity contribution < 1.29 is 19.4 Å². The molecule has 0 bridgehead atoms. The summed E-state index contributed by atoms with van der Waals surface area (Å²) >= 11 is 0. The van der Waals surface area contributed by atoms with E-state index in [9.17, 15) is 9.90 Å². The molecule has 2 fully saturated rings. The van der Waals surface area contributed by atoms with Crippen LogP contribution in [0.3, 0.4) is 0 Å². The van der Waals surface area contributed by atoms with E-state index in [1.807, 2.05) is 71.6 Å². The van der Waals surface area contributed by atoms with Crippen LogP contribution in [0, 0.1) is 5.92 Å². The number of ether oxygens (including phenoxy) is 2. The Labute approximate surface area is 186 Å². The molecule has 0 saturated carbocycles. The highest BCUT2D eigenvalue weighted by molar-refractivity contribution is 6.01. The standard InChI is InChI=1S/C25H25N3O4/c1-31-18-10-6-7-15(13-18)22-21-23(27-26-22)25(30)28(17-8-4-3-5-9-17)24(21)16-11-12-19(29)20(14-16)32-2/h3-14,21-24,26-27,29H,1-2H3. The molecule has 0 radical (unpaired) electrons. The van der Waals surface area contributed by atoms with Gasteiger partial charge in [-0.1, -0.05) is 36.4 Å². The van der Waals surface area contributed by atoms with E-state index in [1.165, 1.54) is 7.11 Å². The highest BCUT2D eigenvalue weighted by Gasteiger charge is 2.56. The number of carbonyl (C=O) groups is 1. The first-order chi connectivity index (χ1) is 15.6. The van der Waals surface area contributed by atoms with Gasteiger partial charge in [0.1, 0.15) is 11.8 Å². The second-order valence-electron chi connectivity index (χ2n) is 8.02. The average molecular weight is 431 g/mol. The van der Waals surface area contributed by atoms with Crippen LogP contribution in [0.15, 0.2) is 72.8 Å². The van der Waals surface area contributed by atoms with E-state index >= 15 is 0 Å². The van der Waals surface area contributed by atoms with Gasteiger partial charge in [-0.15, -0.1) is 0 Å². The van der Waals surface area contributed by atoms with E-state index in [0.29, 0.717) is 5.75 Å². The van der Waals surface area contributed by atoms with Crippen molar-refractivity contribution in [3.63, 3.8) is 0 Å². The zero-order valence-corrected chi connectivity index (χ0v) is 17.9. The summed E-state index contributed by atoms with van der Waals surface area (Å²) in [5.74, 6) is 1.10. The van der Waals surface area contributed by atoms with Gasteiger partial charge in [0.15, 0.2) is 11.5 Å². The summed E-state index contributed by atoms with van der Waals surface area (Å²) in [4.78, 5) is 15.5. The molecule has 4 unspecified atom stereocenters. The molecule has 3 aromatic carbocycles. The Balaban J connectivity index is 1.64. The highest BCUT2D eigenvalue weighted by Crippen LogP contribution is 2.50. The van der Waals surface area contributed by atoms with Gasteiger partial charge in [0.25, 0.3) is 0 Å². The maximum absolute atomic E-state index is 13.6. The number of phenols is 1. The minimum absolute atomic E-state index is 0.00358. The molecule has 2 aliphatic rings. The third-order valence-corrected chi connectivity index (χ3v) is 6.34. The van der Waals surface area contributed by atoms with Crippen molar-refractivity contribution in [2.75, 3.05) is 19.1 Å². The Hall–Kier alpha value is -3.55. The zero-order valence-electron chi connectivity index (χ0n) is 17.9. The van der Waals surface area contributed by atoms with Gasteiger partial charge in [-0.3, -0.25) is 4.79 Å². The van der Waals surface area contributed by atoms with Crippen LogP contribution in [0.5, 0.6) is 17.2 Å². The van der Waals surface area contributed by atoms with E-state index < -0.39 is 6.04 Å². The summed E-state index contributed by atoms with van der Waals surface area (Å²) in [6, 6.07) is 22.0. The van der Waals surface area contributed by atoms with Crippen molar-refractivity contribution in [3.8, 4) is 17.2 Å². The molecular weight excluding hydrogens is 406 g/mol. The lowest BCUT2D eigenvalue weighted by atomic mass is 9.83. The fraction of sp³-hybridized carbons (Fsp3) is 0.240. The van der Waals surface area contributed by atoms with Crippen molar-refractivity contribution in [1.29, 1.82) is 0 Å². The first-order valence-electron chi connectivity index (χ1n) is 10.5. The number of aromatic hydroxyl groups is 1. The number of anilines is 1. The second kappa shape index (κ2) is 8.18. The van der Waals surface area contributed by atoms with Gasteiger partial charge in [-0.05, 0) is 47.5 Å². The van der Waals surface area contributed by atoms with E-state index in [1.54, 1.807) is 13.2 Å². The van der Waals surface area contributed by atoms with Gasteiger partial charge >= 0.3 is 0 Å². The second-order valence-corrected chi connectivity index (χ2v) is 8.02. The molecule has 2 heterocycles. The topological polar surface area (TPSA) is 83.1 Å². The smallest absolute Gasteiger partial charge is 0.246 e. The van der Waals surface area contributed by atoms with Crippen LogP contribution in [0.4, 0.5) is 5.69 Å². The summed E-state index contributed by atoms with van der Waals surface area (Å²) < 4.78 is 10.8. The van der Waals surface area contributed by atoms with Crippen LogP contribution in [0.25, 0.3) is 0 Å². The predicted molar refractivity (Wildman–Crippen MR) is 121 cm³/mol. The van der Waals surface area contributed by atoms with Gasteiger partial charge < -0.3 is 19.5 Å². The summed E-state index contributed by atoms with van der Waals surface area (Å²) in [5, 5.41) is 10.1. The molecule has 2 aliphatic heterocycles. The number of hydrogen-bond donors (Lipinski definition) is 3. The molecule has 1 amide bonds. The molecule has 3 N–H and O–H groups in total. The summed E-state index contributed by atoms with van der Waals surface area (Å²) in [7, 11) is 3.16. The van der Waals surface area contributed by atoms with Gasteiger partial charge in [0.2, 0.25) is 5.91 Å². The van der Waals surface area contributed by atoms with Gasteiger partial charge in [0, 0.05) is 11.6 Å². The number of rotatable bonds is 5.